The highest BCUT2D eigenvalue weighted by atomic mass is 32.2. The number of fused-ring (bicyclic) bond motifs is 2. The number of benzene rings is 1. The third-order valence-electron chi connectivity index (χ3n) is 13.3. The molecule has 4 saturated carbocycles. The molecule has 2 N–H and O–H groups in total. The van der Waals surface area contributed by atoms with Crippen LogP contribution in [0.15, 0.2) is 35.4 Å². The first-order valence-corrected chi connectivity index (χ1v) is 19.4. The van der Waals surface area contributed by atoms with Gasteiger partial charge in [-0.25, -0.2) is 0 Å². The summed E-state index contributed by atoms with van der Waals surface area (Å²) in [5.41, 5.74) is -0.390. The second kappa shape index (κ2) is 13.5. The Kier molecular flexibility index (Phi) is 9.27. The van der Waals surface area contributed by atoms with Crippen LogP contribution in [0.25, 0.3) is 6.08 Å². The van der Waals surface area contributed by atoms with Gasteiger partial charge in [0, 0.05) is 23.8 Å². The highest BCUT2D eigenvalue weighted by Crippen LogP contribution is 2.75. The Morgan fingerprint density at radius 2 is 1.81 bits per heavy atom. The highest BCUT2D eigenvalue weighted by Gasteiger charge is 2.81. The van der Waals surface area contributed by atoms with Gasteiger partial charge >= 0.3 is 0 Å². The lowest BCUT2D eigenvalue weighted by Crippen LogP contribution is -2.78. The van der Waals surface area contributed by atoms with Crippen molar-refractivity contribution >= 4 is 34.8 Å². The number of amides is 2. The maximum absolute atomic E-state index is 14.0. The van der Waals surface area contributed by atoms with E-state index in [2.05, 4.69) is 30.7 Å². The molecule has 1 aromatic carbocycles. The largest absolute Gasteiger partial charge is 0.493 e. The van der Waals surface area contributed by atoms with Crippen LogP contribution in [0, 0.1) is 34.0 Å². The van der Waals surface area contributed by atoms with Crippen LogP contribution in [0.1, 0.15) is 63.6 Å². The SMILES string of the molecule is C=C1C(=O)[C@]23[C@H](O)[C@H]1C[C@H](O)[C@H]2[C@]12CCCC(C)(C)[C@H]1C[C@H]3O[C@@H]2OCCCn1cc(CN2C(=O)S/C(=C\c3cc(OC)c(OC)c(OC)c3)C2=O)nn1. The maximum Gasteiger partial charge on any atom is 0.293 e. The summed E-state index contributed by atoms with van der Waals surface area (Å²) in [5.74, 6) is -0.0791. The molecule has 54 heavy (non-hydrogen) atoms. The lowest BCUT2D eigenvalue weighted by atomic mass is 9.37. The van der Waals surface area contributed by atoms with Gasteiger partial charge in [-0.2, -0.15) is 0 Å². The summed E-state index contributed by atoms with van der Waals surface area (Å²) in [6, 6.07) is 3.40. The van der Waals surface area contributed by atoms with E-state index >= 15 is 0 Å². The number of Topliss-reactive ketones (excluding diaryl/α,β-unsaturated/α-hetero) is 1. The smallest absolute Gasteiger partial charge is 0.293 e. The molecule has 3 saturated heterocycles. The third-order valence-corrected chi connectivity index (χ3v) is 14.2. The van der Waals surface area contributed by atoms with Crippen LogP contribution < -0.4 is 14.2 Å². The molecule has 14 nitrogen and oxygen atoms in total. The fraction of sp³-hybridized carbons (Fsp3) is 0.615. The molecule has 0 unspecified atom stereocenters. The zero-order chi connectivity index (χ0) is 38.3. The van der Waals surface area contributed by atoms with Crippen LogP contribution in [0.4, 0.5) is 4.79 Å². The van der Waals surface area contributed by atoms with E-state index < -0.39 is 58.4 Å². The number of carbonyl (C=O) groups excluding carboxylic acids is 3. The van der Waals surface area contributed by atoms with Crippen LogP contribution in [-0.2, 0) is 32.2 Å². The van der Waals surface area contributed by atoms with Crippen LogP contribution in [0.5, 0.6) is 17.2 Å². The minimum atomic E-state index is -1.19. The number of imide groups is 1. The number of aliphatic hydroxyl groups excluding tert-OH is 2. The van der Waals surface area contributed by atoms with Crippen molar-refractivity contribution in [1.82, 2.24) is 19.9 Å². The molecular formula is C39H48N4O10S. The first kappa shape index (κ1) is 37.2. The topological polar surface area (TPSA) is 172 Å². The molecule has 7 fully saturated rings. The summed E-state index contributed by atoms with van der Waals surface area (Å²) in [5, 5.41) is 31.5. The first-order valence-electron chi connectivity index (χ1n) is 18.6. The van der Waals surface area contributed by atoms with Crippen molar-refractivity contribution in [3.8, 4) is 17.2 Å². The van der Waals surface area contributed by atoms with Crippen LogP contribution >= 0.6 is 11.8 Å². The van der Waals surface area contributed by atoms with E-state index in [0.29, 0.717) is 66.5 Å². The van der Waals surface area contributed by atoms with Crippen molar-refractivity contribution in [3.63, 3.8) is 0 Å². The standard InChI is InChI=1S/C39H48N4O10S/c1-20-23-16-24(44)31-38-10-7-9-37(2,3)28(38)17-29(39(31,32(20)45)33(23)46)53-35(38)52-12-8-11-42-18-22(40-41-42)19-43-34(47)27(54-36(43)48)15-21-13-25(49-4)30(51-6)26(14-21)50-5/h13-15,18,23-24,28-29,31,33,35,44,46H,1,7-12,16-17,19H2,2-6H3/b27-15-/t23-,24-,28+,29+,31-,33+,35-,38-,39+/m0/s1. The van der Waals surface area contributed by atoms with E-state index in [1.807, 2.05) is 0 Å². The number of thioether (sulfide) groups is 1. The quantitative estimate of drug-likeness (QED) is 0.244. The molecule has 9 atom stereocenters. The zero-order valence-electron chi connectivity index (χ0n) is 31.3. The molecule has 2 spiro atoms. The number of aliphatic hydroxyl groups is 2. The summed E-state index contributed by atoms with van der Waals surface area (Å²) < 4.78 is 31.2. The Labute approximate surface area is 318 Å². The van der Waals surface area contributed by atoms with E-state index in [9.17, 15) is 24.6 Å². The average Bonchev–Trinajstić information content (AvgIpc) is 3.74. The van der Waals surface area contributed by atoms with Gasteiger partial charge < -0.3 is 33.9 Å². The Morgan fingerprint density at radius 3 is 2.52 bits per heavy atom. The Balaban J connectivity index is 0.928. The molecule has 4 bridgehead atoms. The van der Waals surface area contributed by atoms with Crippen molar-refractivity contribution in [3.05, 3.63) is 46.6 Å². The van der Waals surface area contributed by atoms with E-state index in [-0.39, 0.29) is 28.6 Å². The predicted molar refractivity (Wildman–Crippen MR) is 195 cm³/mol. The number of ketones is 1. The number of hydrogen-bond acceptors (Lipinski definition) is 13. The summed E-state index contributed by atoms with van der Waals surface area (Å²) in [4.78, 5) is 41.6. The van der Waals surface area contributed by atoms with Gasteiger partial charge in [0.2, 0.25) is 5.75 Å². The van der Waals surface area contributed by atoms with Gasteiger partial charge in [-0.3, -0.25) is 24.0 Å². The minimum Gasteiger partial charge on any atom is -0.493 e. The molecule has 290 valence electrons. The lowest BCUT2D eigenvalue weighted by molar-refractivity contribution is -0.402. The van der Waals surface area contributed by atoms with Crippen molar-refractivity contribution in [2.75, 3.05) is 27.9 Å². The van der Waals surface area contributed by atoms with E-state index in [1.54, 1.807) is 29.1 Å². The highest BCUT2D eigenvalue weighted by molar-refractivity contribution is 8.18. The molecule has 15 heteroatoms. The summed E-state index contributed by atoms with van der Waals surface area (Å²) in [6.07, 6.45) is 4.66. The van der Waals surface area contributed by atoms with Gasteiger partial charge in [0.1, 0.15) is 5.69 Å². The zero-order valence-corrected chi connectivity index (χ0v) is 32.1. The van der Waals surface area contributed by atoms with Gasteiger partial charge in [-0.15, -0.1) is 5.10 Å². The van der Waals surface area contributed by atoms with Crippen molar-refractivity contribution in [1.29, 1.82) is 0 Å². The Morgan fingerprint density at radius 1 is 1.07 bits per heavy atom. The van der Waals surface area contributed by atoms with Crippen molar-refractivity contribution < 1.29 is 48.3 Å². The molecule has 2 aromatic rings. The number of aromatic nitrogens is 3. The molecular weight excluding hydrogens is 717 g/mol. The minimum absolute atomic E-state index is 0.0337. The fourth-order valence-corrected chi connectivity index (χ4v) is 12.0. The predicted octanol–water partition coefficient (Wildman–Crippen LogP) is 4.37. The number of carbonyl (C=O) groups is 3. The van der Waals surface area contributed by atoms with Crippen LogP contribution in [-0.4, -0.2) is 99.6 Å². The molecule has 3 aliphatic heterocycles. The Hall–Kier alpha value is -3.76. The van der Waals surface area contributed by atoms with Crippen molar-refractivity contribution in [2.24, 2.45) is 34.0 Å². The van der Waals surface area contributed by atoms with Gasteiger partial charge in [0.15, 0.2) is 23.6 Å². The van der Waals surface area contributed by atoms with Gasteiger partial charge in [-0.1, -0.05) is 32.1 Å². The molecule has 4 aliphatic carbocycles. The van der Waals surface area contributed by atoms with Gasteiger partial charge in [-0.05, 0) is 84.5 Å². The molecule has 0 radical (unpaired) electrons. The monoisotopic (exact) mass is 764 g/mol. The Bertz CT molecular complexity index is 1900. The number of methoxy groups -OCH3 is 3. The van der Waals surface area contributed by atoms with Crippen molar-refractivity contribution in [2.45, 2.75) is 90.1 Å². The van der Waals surface area contributed by atoms with Crippen LogP contribution in [0.3, 0.4) is 0 Å². The average molecular weight is 765 g/mol. The number of ether oxygens (including phenoxy) is 5. The summed E-state index contributed by atoms with van der Waals surface area (Å²) >= 11 is 0.843. The summed E-state index contributed by atoms with van der Waals surface area (Å²) in [7, 11) is 4.51. The third kappa shape index (κ3) is 5.32. The molecule has 1 aromatic heterocycles. The number of rotatable bonds is 11. The number of aryl methyl sites for hydroxylation is 1. The maximum atomic E-state index is 14.0. The molecule has 9 rings (SSSR count). The van der Waals surface area contributed by atoms with Gasteiger partial charge in [0.05, 0.1) is 69.3 Å². The fourth-order valence-electron chi connectivity index (χ4n) is 11.1. The van der Waals surface area contributed by atoms with Crippen LogP contribution in [0.2, 0.25) is 0 Å². The van der Waals surface area contributed by atoms with E-state index in [0.717, 1.165) is 35.9 Å². The lowest BCUT2D eigenvalue weighted by Gasteiger charge is -2.72. The van der Waals surface area contributed by atoms with Gasteiger partial charge in [0.25, 0.3) is 11.1 Å². The molecule has 7 aliphatic rings. The number of nitrogens with zero attached hydrogens (tertiary/aromatic N) is 4. The second-order valence-corrected chi connectivity index (χ2v) is 17.2. The number of hydrogen-bond donors (Lipinski definition) is 2. The van der Waals surface area contributed by atoms with E-state index in [1.165, 1.54) is 21.3 Å². The second-order valence-electron chi connectivity index (χ2n) is 16.2. The molecule has 2 amide bonds. The first-order chi connectivity index (χ1) is 25.8. The summed E-state index contributed by atoms with van der Waals surface area (Å²) in [6.45, 7) is 9.37. The van der Waals surface area contributed by atoms with E-state index in [4.69, 9.17) is 23.7 Å². The normalized spacial score (nSPS) is 35.8. The molecule has 4 heterocycles.